The fourth-order valence-electron chi connectivity index (χ4n) is 1.91. The standard InChI is InChI=1S/C13H18N2O2/c1-9(16)14-6-5-10-8-15-13-4-3-11(17-2)7-12(10)13/h3-4,7-9,14-16H,5-6H2,1-2H3. The van der Waals surface area contributed by atoms with Gasteiger partial charge in [0.2, 0.25) is 0 Å². The minimum Gasteiger partial charge on any atom is -0.497 e. The monoisotopic (exact) mass is 234 g/mol. The summed E-state index contributed by atoms with van der Waals surface area (Å²) in [5, 5.41) is 13.3. The van der Waals surface area contributed by atoms with E-state index < -0.39 is 6.23 Å². The second-order valence-electron chi connectivity index (χ2n) is 4.11. The minimum absolute atomic E-state index is 0.463. The summed E-state index contributed by atoms with van der Waals surface area (Å²) >= 11 is 0. The molecule has 0 aliphatic carbocycles. The van der Waals surface area contributed by atoms with Crippen molar-refractivity contribution >= 4 is 10.9 Å². The molecule has 0 aliphatic rings. The average Bonchev–Trinajstić information content (AvgIpc) is 2.71. The molecule has 4 nitrogen and oxygen atoms in total. The Morgan fingerprint density at radius 3 is 3.00 bits per heavy atom. The van der Waals surface area contributed by atoms with Crippen molar-refractivity contribution in [2.24, 2.45) is 0 Å². The van der Waals surface area contributed by atoms with Crippen LogP contribution in [-0.4, -0.2) is 30.0 Å². The van der Waals surface area contributed by atoms with Gasteiger partial charge in [0.25, 0.3) is 0 Å². The van der Waals surface area contributed by atoms with Crippen molar-refractivity contribution in [1.82, 2.24) is 10.3 Å². The highest BCUT2D eigenvalue weighted by atomic mass is 16.5. The molecule has 1 atom stereocenters. The van der Waals surface area contributed by atoms with Gasteiger partial charge in [-0.2, -0.15) is 0 Å². The third-order valence-electron chi connectivity index (χ3n) is 2.81. The van der Waals surface area contributed by atoms with Crippen LogP contribution in [0.1, 0.15) is 12.5 Å². The Bertz CT molecular complexity index is 491. The molecular weight excluding hydrogens is 216 g/mol. The van der Waals surface area contributed by atoms with Gasteiger partial charge in [-0.3, -0.25) is 5.32 Å². The topological polar surface area (TPSA) is 57.3 Å². The number of hydrogen-bond acceptors (Lipinski definition) is 3. The van der Waals surface area contributed by atoms with Gasteiger partial charge in [0.05, 0.1) is 7.11 Å². The van der Waals surface area contributed by atoms with Gasteiger partial charge in [-0.1, -0.05) is 0 Å². The average molecular weight is 234 g/mol. The lowest BCUT2D eigenvalue weighted by Crippen LogP contribution is -2.27. The van der Waals surface area contributed by atoms with E-state index in [1.165, 1.54) is 10.9 Å². The molecule has 0 radical (unpaired) electrons. The molecule has 0 aliphatic heterocycles. The Labute approximate surface area is 101 Å². The predicted molar refractivity (Wildman–Crippen MR) is 68.2 cm³/mol. The van der Waals surface area contributed by atoms with Crippen LogP contribution in [0.25, 0.3) is 10.9 Å². The molecule has 3 N–H and O–H groups in total. The van der Waals surface area contributed by atoms with Crippen LogP contribution in [0.5, 0.6) is 5.75 Å². The molecule has 0 bridgehead atoms. The number of aromatic amines is 1. The van der Waals surface area contributed by atoms with Crippen molar-refractivity contribution in [1.29, 1.82) is 0 Å². The zero-order chi connectivity index (χ0) is 12.3. The number of hydrogen-bond donors (Lipinski definition) is 3. The third kappa shape index (κ3) is 2.78. The summed E-state index contributed by atoms with van der Waals surface area (Å²) in [7, 11) is 1.67. The first-order valence-corrected chi connectivity index (χ1v) is 5.76. The molecule has 0 spiro atoms. The van der Waals surface area contributed by atoms with E-state index in [0.717, 1.165) is 24.2 Å². The maximum absolute atomic E-state index is 9.14. The Morgan fingerprint density at radius 2 is 2.29 bits per heavy atom. The Hall–Kier alpha value is -1.52. The molecule has 1 aromatic heterocycles. The van der Waals surface area contributed by atoms with Gasteiger partial charge in [0, 0.05) is 23.6 Å². The van der Waals surface area contributed by atoms with E-state index in [1.54, 1.807) is 14.0 Å². The number of H-pyrrole nitrogens is 1. The second-order valence-corrected chi connectivity index (χ2v) is 4.11. The van der Waals surface area contributed by atoms with E-state index in [0.29, 0.717) is 0 Å². The number of aliphatic hydroxyl groups excluding tert-OH is 1. The lowest BCUT2D eigenvalue weighted by molar-refractivity contribution is 0.157. The van der Waals surface area contributed by atoms with E-state index in [9.17, 15) is 0 Å². The highest BCUT2D eigenvalue weighted by molar-refractivity contribution is 5.84. The van der Waals surface area contributed by atoms with Gasteiger partial charge < -0.3 is 14.8 Å². The van der Waals surface area contributed by atoms with Crippen LogP contribution < -0.4 is 10.1 Å². The van der Waals surface area contributed by atoms with Crippen molar-refractivity contribution in [2.45, 2.75) is 19.6 Å². The van der Waals surface area contributed by atoms with E-state index in [2.05, 4.69) is 10.3 Å². The van der Waals surface area contributed by atoms with Gasteiger partial charge in [-0.05, 0) is 37.1 Å². The highest BCUT2D eigenvalue weighted by Crippen LogP contribution is 2.23. The van der Waals surface area contributed by atoms with Gasteiger partial charge >= 0.3 is 0 Å². The summed E-state index contributed by atoms with van der Waals surface area (Å²) in [6, 6.07) is 5.99. The molecule has 2 aromatic rings. The SMILES string of the molecule is COc1ccc2[nH]cc(CCNC(C)O)c2c1. The first kappa shape index (κ1) is 12.0. The largest absolute Gasteiger partial charge is 0.497 e. The van der Waals surface area contributed by atoms with E-state index in [-0.39, 0.29) is 0 Å². The van der Waals surface area contributed by atoms with Crippen molar-refractivity contribution in [2.75, 3.05) is 13.7 Å². The van der Waals surface area contributed by atoms with E-state index in [4.69, 9.17) is 9.84 Å². The zero-order valence-electron chi connectivity index (χ0n) is 10.2. The number of benzene rings is 1. The van der Waals surface area contributed by atoms with Gasteiger partial charge in [0.1, 0.15) is 12.0 Å². The summed E-state index contributed by atoms with van der Waals surface area (Å²) in [5.74, 6) is 0.863. The molecule has 2 rings (SSSR count). The van der Waals surface area contributed by atoms with Crippen LogP contribution in [0.2, 0.25) is 0 Å². The van der Waals surface area contributed by atoms with Crippen LogP contribution in [0.3, 0.4) is 0 Å². The lowest BCUT2D eigenvalue weighted by atomic mass is 10.1. The van der Waals surface area contributed by atoms with Crippen molar-refractivity contribution in [3.05, 3.63) is 30.0 Å². The number of aromatic nitrogens is 1. The molecule has 1 heterocycles. The lowest BCUT2D eigenvalue weighted by Gasteiger charge is -2.06. The molecule has 1 aromatic carbocycles. The van der Waals surface area contributed by atoms with E-state index >= 15 is 0 Å². The predicted octanol–water partition coefficient (Wildman–Crippen LogP) is 1.65. The summed E-state index contributed by atoms with van der Waals surface area (Å²) in [4.78, 5) is 3.23. The van der Waals surface area contributed by atoms with Crippen LogP contribution in [0.4, 0.5) is 0 Å². The third-order valence-corrected chi connectivity index (χ3v) is 2.81. The summed E-state index contributed by atoms with van der Waals surface area (Å²) in [6.07, 6.45) is 2.42. The molecule has 0 saturated carbocycles. The van der Waals surface area contributed by atoms with Gasteiger partial charge in [-0.15, -0.1) is 0 Å². The van der Waals surface area contributed by atoms with Crippen LogP contribution in [0.15, 0.2) is 24.4 Å². The Balaban J connectivity index is 2.16. The quantitative estimate of drug-likeness (QED) is 0.689. The van der Waals surface area contributed by atoms with Crippen molar-refractivity contribution < 1.29 is 9.84 Å². The fraction of sp³-hybridized carbons (Fsp3) is 0.385. The smallest absolute Gasteiger partial charge is 0.119 e. The van der Waals surface area contributed by atoms with Gasteiger partial charge in [-0.25, -0.2) is 0 Å². The molecule has 1 unspecified atom stereocenters. The summed E-state index contributed by atoms with van der Waals surface area (Å²) < 4.78 is 5.22. The molecule has 4 heteroatoms. The highest BCUT2D eigenvalue weighted by Gasteiger charge is 2.05. The van der Waals surface area contributed by atoms with Gasteiger partial charge in [0.15, 0.2) is 0 Å². The molecule has 17 heavy (non-hydrogen) atoms. The molecule has 0 saturated heterocycles. The first-order chi connectivity index (χ1) is 8.20. The van der Waals surface area contributed by atoms with Crippen molar-refractivity contribution in [3.8, 4) is 5.75 Å². The molecule has 92 valence electrons. The minimum atomic E-state index is -0.463. The number of rotatable bonds is 5. The fourth-order valence-corrected chi connectivity index (χ4v) is 1.91. The number of aliphatic hydroxyl groups is 1. The van der Waals surface area contributed by atoms with Crippen LogP contribution in [-0.2, 0) is 6.42 Å². The second kappa shape index (κ2) is 5.21. The van der Waals surface area contributed by atoms with Crippen LogP contribution >= 0.6 is 0 Å². The number of fused-ring (bicyclic) bond motifs is 1. The van der Waals surface area contributed by atoms with E-state index in [1.807, 2.05) is 24.4 Å². The molecule has 0 fully saturated rings. The molecule has 0 amide bonds. The number of methoxy groups -OCH3 is 1. The first-order valence-electron chi connectivity index (χ1n) is 5.76. The Kier molecular flexibility index (Phi) is 3.66. The normalized spacial score (nSPS) is 12.9. The Morgan fingerprint density at radius 1 is 1.47 bits per heavy atom. The summed E-state index contributed by atoms with van der Waals surface area (Å²) in [5.41, 5.74) is 2.34. The summed E-state index contributed by atoms with van der Waals surface area (Å²) in [6.45, 7) is 2.47. The number of ether oxygens (including phenoxy) is 1. The van der Waals surface area contributed by atoms with Crippen LogP contribution in [0, 0.1) is 0 Å². The molecular formula is C13H18N2O2. The zero-order valence-corrected chi connectivity index (χ0v) is 10.2. The number of nitrogens with one attached hydrogen (secondary N) is 2. The maximum Gasteiger partial charge on any atom is 0.119 e. The maximum atomic E-state index is 9.14. The van der Waals surface area contributed by atoms with Crippen molar-refractivity contribution in [3.63, 3.8) is 0 Å².